The first-order valence-corrected chi connectivity index (χ1v) is 9.77. The van der Waals surface area contributed by atoms with Crippen molar-refractivity contribution in [3.05, 3.63) is 47.3 Å². The fraction of sp³-hybridized carbons (Fsp3) is 0.263. The molecule has 0 saturated carbocycles. The molecule has 152 valence electrons. The number of amides is 1. The summed E-state index contributed by atoms with van der Waals surface area (Å²) in [5, 5.41) is 8.03. The van der Waals surface area contributed by atoms with Crippen LogP contribution in [0.25, 0.3) is 11.5 Å². The number of hydrogen-bond donors (Lipinski definition) is 3. The van der Waals surface area contributed by atoms with Crippen LogP contribution >= 0.6 is 11.3 Å². The van der Waals surface area contributed by atoms with Crippen molar-refractivity contribution >= 4 is 28.3 Å². The van der Waals surface area contributed by atoms with Gasteiger partial charge in [-0.1, -0.05) is 18.2 Å². The normalized spacial score (nSPS) is 11.3. The Bertz CT molecular complexity index is 997. The molecular formula is C19H22N6O3S. The lowest BCUT2D eigenvalue weighted by molar-refractivity contribution is -0.119. The van der Waals surface area contributed by atoms with E-state index in [1.165, 1.54) is 18.3 Å². The summed E-state index contributed by atoms with van der Waals surface area (Å²) in [5.41, 5.74) is 7.66. The third-order valence-corrected chi connectivity index (χ3v) is 4.65. The molecule has 0 aliphatic heterocycles. The van der Waals surface area contributed by atoms with E-state index in [1.54, 1.807) is 13.3 Å². The highest BCUT2D eigenvalue weighted by Crippen LogP contribution is 2.25. The van der Waals surface area contributed by atoms with Crippen LogP contribution < -0.4 is 21.1 Å². The number of hydrogen-bond acceptors (Lipinski definition) is 7. The highest BCUT2D eigenvalue weighted by atomic mass is 32.1. The summed E-state index contributed by atoms with van der Waals surface area (Å²) < 4.78 is 10.9. The third kappa shape index (κ3) is 5.79. The molecule has 3 aromatic rings. The molecule has 9 nitrogen and oxygen atoms in total. The number of para-hydroxylation sites is 1. The van der Waals surface area contributed by atoms with Gasteiger partial charge in [0, 0.05) is 18.8 Å². The van der Waals surface area contributed by atoms with E-state index in [9.17, 15) is 4.79 Å². The lowest BCUT2D eigenvalue weighted by Gasteiger charge is -2.06. The van der Waals surface area contributed by atoms with Gasteiger partial charge in [0.2, 0.25) is 11.8 Å². The Balaban J connectivity index is 1.55. The van der Waals surface area contributed by atoms with Crippen molar-refractivity contribution in [1.29, 1.82) is 0 Å². The molecule has 1 aromatic carbocycles. The van der Waals surface area contributed by atoms with Crippen molar-refractivity contribution in [2.24, 2.45) is 10.7 Å². The molecule has 0 saturated heterocycles. The molecule has 0 atom stereocenters. The standard InChI is InChI=1S/C19H22N6O3S/c1-12(26)22-10-17-23-9-16(28-17)14-11-29-19(24-14)25-18(20)21-8-7-13-5-3-4-6-15(13)27-2/h3-6,9,11H,7-8,10H2,1-2H3,(H,22,26)(H3,20,21,24,25). The summed E-state index contributed by atoms with van der Waals surface area (Å²) in [7, 11) is 1.65. The molecule has 0 radical (unpaired) electrons. The lowest BCUT2D eigenvalue weighted by atomic mass is 10.1. The highest BCUT2D eigenvalue weighted by molar-refractivity contribution is 7.14. The number of carbonyl (C=O) groups is 1. The minimum Gasteiger partial charge on any atom is -0.496 e. The molecule has 10 heteroatoms. The molecule has 0 unspecified atom stereocenters. The van der Waals surface area contributed by atoms with Crippen LogP contribution in [0.2, 0.25) is 0 Å². The number of methoxy groups -OCH3 is 1. The third-order valence-electron chi connectivity index (χ3n) is 3.89. The van der Waals surface area contributed by atoms with Crippen molar-refractivity contribution in [2.75, 3.05) is 19.0 Å². The van der Waals surface area contributed by atoms with E-state index in [4.69, 9.17) is 14.9 Å². The number of carbonyl (C=O) groups excluding carboxylic acids is 1. The van der Waals surface area contributed by atoms with E-state index in [-0.39, 0.29) is 18.4 Å². The van der Waals surface area contributed by atoms with Crippen molar-refractivity contribution in [1.82, 2.24) is 15.3 Å². The zero-order valence-corrected chi connectivity index (χ0v) is 17.0. The Morgan fingerprint density at radius 3 is 3.00 bits per heavy atom. The van der Waals surface area contributed by atoms with Gasteiger partial charge in [0.05, 0.1) is 19.9 Å². The van der Waals surface area contributed by atoms with E-state index in [1.807, 2.05) is 29.6 Å². The SMILES string of the molecule is COc1ccccc1CCN=C(N)Nc1nc(-c2cnc(CNC(C)=O)o2)cs1. The first-order valence-electron chi connectivity index (χ1n) is 8.89. The quantitative estimate of drug-likeness (QED) is 0.381. The number of thiazole rings is 1. The average Bonchev–Trinajstić information content (AvgIpc) is 3.36. The van der Waals surface area contributed by atoms with E-state index < -0.39 is 0 Å². The Labute approximate surface area is 172 Å². The van der Waals surface area contributed by atoms with Gasteiger partial charge in [0.1, 0.15) is 11.4 Å². The van der Waals surface area contributed by atoms with Gasteiger partial charge in [-0.2, -0.15) is 0 Å². The predicted molar refractivity (Wildman–Crippen MR) is 112 cm³/mol. The summed E-state index contributed by atoms with van der Waals surface area (Å²) in [6.45, 7) is 2.19. The summed E-state index contributed by atoms with van der Waals surface area (Å²) in [5.74, 6) is 1.90. The van der Waals surface area contributed by atoms with E-state index in [0.717, 1.165) is 11.3 Å². The fourth-order valence-corrected chi connectivity index (χ4v) is 3.22. The average molecular weight is 414 g/mol. The first kappa shape index (κ1) is 20.3. The van der Waals surface area contributed by atoms with Crippen LogP contribution in [-0.2, 0) is 17.8 Å². The minimum atomic E-state index is -0.148. The number of anilines is 1. The number of oxazole rings is 1. The van der Waals surface area contributed by atoms with Crippen LogP contribution in [0, 0.1) is 0 Å². The van der Waals surface area contributed by atoms with Crippen molar-refractivity contribution in [2.45, 2.75) is 19.9 Å². The molecule has 2 aromatic heterocycles. The van der Waals surface area contributed by atoms with Gasteiger partial charge in [-0.05, 0) is 18.1 Å². The second kappa shape index (κ2) is 9.69. The number of nitrogens with two attached hydrogens (primary N) is 1. The van der Waals surface area contributed by atoms with Gasteiger partial charge < -0.3 is 25.5 Å². The van der Waals surface area contributed by atoms with Crippen LogP contribution in [0.15, 0.2) is 45.3 Å². The number of nitrogens with zero attached hydrogens (tertiary/aromatic N) is 3. The summed E-state index contributed by atoms with van der Waals surface area (Å²) in [6.07, 6.45) is 2.28. The fourth-order valence-electron chi connectivity index (χ4n) is 2.51. The summed E-state index contributed by atoms with van der Waals surface area (Å²) >= 11 is 1.38. The largest absolute Gasteiger partial charge is 0.496 e. The van der Waals surface area contributed by atoms with Crippen LogP contribution in [0.1, 0.15) is 18.4 Å². The summed E-state index contributed by atoms with van der Waals surface area (Å²) in [6, 6.07) is 7.82. The Morgan fingerprint density at radius 1 is 1.38 bits per heavy atom. The van der Waals surface area contributed by atoms with Crippen molar-refractivity contribution in [3.63, 3.8) is 0 Å². The van der Waals surface area contributed by atoms with Crippen LogP contribution in [0.4, 0.5) is 5.13 Å². The van der Waals surface area contributed by atoms with Crippen LogP contribution in [0.3, 0.4) is 0 Å². The number of ether oxygens (including phenoxy) is 1. The monoisotopic (exact) mass is 414 g/mol. The number of nitrogens with one attached hydrogen (secondary N) is 2. The molecule has 0 fully saturated rings. The van der Waals surface area contributed by atoms with Gasteiger partial charge in [0.25, 0.3) is 0 Å². The molecule has 0 aliphatic carbocycles. The zero-order chi connectivity index (χ0) is 20.6. The molecule has 0 bridgehead atoms. The Kier molecular flexibility index (Phi) is 6.80. The van der Waals surface area contributed by atoms with E-state index in [2.05, 4.69) is 25.6 Å². The maximum absolute atomic E-state index is 11.0. The molecule has 29 heavy (non-hydrogen) atoms. The Hall–Kier alpha value is -3.40. The Morgan fingerprint density at radius 2 is 2.21 bits per heavy atom. The van der Waals surface area contributed by atoms with Crippen molar-refractivity contribution < 1.29 is 13.9 Å². The van der Waals surface area contributed by atoms with Crippen molar-refractivity contribution in [3.8, 4) is 17.2 Å². The molecule has 4 N–H and O–H groups in total. The van der Waals surface area contributed by atoms with Gasteiger partial charge in [-0.25, -0.2) is 9.97 Å². The number of guanidine groups is 1. The van der Waals surface area contributed by atoms with Crippen LogP contribution in [0.5, 0.6) is 5.75 Å². The van der Waals surface area contributed by atoms with Gasteiger partial charge in [-0.15, -0.1) is 11.3 Å². The van der Waals surface area contributed by atoms with Crippen LogP contribution in [-0.4, -0.2) is 35.5 Å². The number of aromatic nitrogens is 2. The van der Waals surface area contributed by atoms with Gasteiger partial charge in [-0.3, -0.25) is 9.79 Å². The maximum atomic E-state index is 11.0. The topological polar surface area (TPSA) is 128 Å². The smallest absolute Gasteiger partial charge is 0.217 e. The minimum absolute atomic E-state index is 0.148. The lowest BCUT2D eigenvalue weighted by Crippen LogP contribution is -2.23. The maximum Gasteiger partial charge on any atom is 0.217 e. The summed E-state index contributed by atoms with van der Waals surface area (Å²) in [4.78, 5) is 23.8. The molecule has 0 spiro atoms. The highest BCUT2D eigenvalue weighted by Gasteiger charge is 2.11. The van der Waals surface area contributed by atoms with Gasteiger partial charge >= 0.3 is 0 Å². The van der Waals surface area contributed by atoms with E-state index in [0.29, 0.717) is 35.4 Å². The molecule has 1 amide bonds. The second-order valence-electron chi connectivity index (χ2n) is 6.02. The molecule has 0 aliphatic rings. The predicted octanol–water partition coefficient (Wildman–Crippen LogP) is 2.41. The van der Waals surface area contributed by atoms with E-state index >= 15 is 0 Å². The number of benzene rings is 1. The van der Waals surface area contributed by atoms with Gasteiger partial charge in [0.15, 0.2) is 16.9 Å². The second-order valence-corrected chi connectivity index (χ2v) is 6.88. The first-order chi connectivity index (χ1) is 14.0. The molecule has 2 heterocycles. The number of aliphatic imine (C=N–C) groups is 1. The molecule has 3 rings (SSSR count). The zero-order valence-electron chi connectivity index (χ0n) is 16.1. The molecular weight excluding hydrogens is 392 g/mol. The number of rotatable bonds is 8.